The zero-order valence-corrected chi connectivity index (χ0v) is 9.06. The lowest BCUT2D eigenvalue weighted by Crippen LogP contribution is -2.20. The second-order valence-corrected chi connectivity index (χ2v) is 3.57. The smallest absolute Gasteiger partial charge is 0.309 e. The van der Waals surface area contributed by atoms with E-state index in [1.807, 2.05) is 38.1 Å². The molecule has 1 N–H and O–H groups in total. The van der Waals surface area contributed by atoms with Crippen LogP contribution in [0.1, 0.15) is 18.9 Å². The van der Waals surface area contributed by atoms with Gasteiger partial charge in [-0.05, 0) is 25.5 Å². The van der Waals surface area contributed by atoms with Gasteiger partial charge in [0.05, 0.1) is 5.92 Å². The van der Waals surface area contributed by atoms with E-state index in [2.05, 4.69) is 0 Å². The molecule has 0 heterocycles. The fourth-order valence-corrected chi connectivity index (χ4v) is 1.20. The van der Waals surface area contributed by atoms with Gasteiger partial charge >= 0.3 is 5.97 Å². The van der Waals surface area contributed by atoms with Gasteiger partial charge in [-0.2, -0.15) is 0 Å². The molecule has 0 aromatic heterocycles. The largest absolute Gasteiger partial charge is 0.493 e. The van der Waals surface area contributed by atoms with Crippen LogP contribution < -0.4 is 4.74 Å². The highest BCUT2D eigenvalue weighted by atomic mass is 16.5. The van der Waals surface area contributed by atoms with E-state index in [9.17, 15) is 4.79 Å². The van der Waals surface area contributed by atoms with Crippen LogP contribution in [0, 0.1) is 12.8 Å². The van der Waals surface area contributed by atoms with Crippen LogP contribution in [0.2, 0.25) is 0 Å². The van der Waals surface area contributed by atoms with E-state index >= 15 is 0 Å². The molecule has 0 aliphatic rings. The maximum atomic E-state index is 10.7. The number of rotatable bonds is 5. The van der Waals surface area contributed by atoms with E-state index in [1.54, 1.807) is 0 Å². The molecule has 3 nitrogen and oxygen atoms in total. The Morgan fingerprint density at radius 1 is 1.40 bits per heavy atom. The third kappa shape index (κ3) is 3.62. The van der Waals surface area contributed by atoms with Crippen molar-refractivity contribution in [2.75, 3.05) is 6.61 Å². The van der Waals surface area contributed by atoms with Gasteiger partial charge < -0.3 is 9.84 Å². The lowest BCUT2D eigenvalue weighted by Gasteiger charge is -2.11. The van der Waals surface area contributed by atoms with Crippen LogP contribution in [0.5, 0.6) is 5.75 Å². The summed E-state index contributed by atoms with van der Waals surface area (Å²) in [4.78, 5) is 10.7. The van der Waals surface area contributed by atoms with Crippen LogP contribution >= 0.6 is 0 Å². The van der Waals surface area contributed by atoms with E-state index < -0.39 is 11.9 Å². The van der Waals surface area contributed by atoms with Crippen LogP contribution in [-0.2, 0) is 4.79 Å². The first-order valence-electron chi connectivity index (χ1n) is 5.05. The lowest BCUT2D eigenvalue weighted by atomic mass is 10.1. The standard InChI is InChI=1S/C12H16O3/c1-3-10(12(13)14)8-15-11-6-4-9(2)5-7-11/h4-7,10H,3,8H2,1-2H3,(H,13,14). The number of carboxylic acids is 1. The maximum Gasteiger partial charge on any atom is 0.309 e. The maximum absolute atomic E-state index is 10.7. The molecular weight excluding hydrogens is 192 g/mol. The third-order valence-electron chi connectivity index (χ3n) is 2.31. The van der Waals surface area contributed by atoms with Gasteiger partial charge in [-0.25, -0.2) is 0 Å². The average molecular weight is 208 g/mol. The van der Waals surface area contributed by atoms with Crippen LogP contribution in [-0.4, -0.2) is 17.7 Å². The number of hydrogen-bond donors (Lipinski definition) is 1. The van der Waals surface area contributed by atoms with E-state index in [-0.39, 0.29) is 6.61 Å². The minimum absolute atomic E-state index is 0.231. The summed E-state index contributed by atoms with van der Waals surface area (Å²) in [7, 11) is 0. The summed E-state index contributed by atoms with van der Waals surface area (Å²) in [5.41, 5.74) is 1.16. The quantitative estimate of drug-likeness (QED) is 0.808. The number of hydrogen-bond acceptors (Lipinski definition) is 2. The molecule has 82 valence electrons. The zero-order valence-electron chi connectivity index (χ0n) is 9.06. The van der Waals surface area contributed by atoms with Crippen molar-refractivity contribution in [1.29, 1.82) is 0 Å². The van der Waals surface area contributed by atoms with Crippen molar-refractivity contribution < 1.29 is 14.6 Å². The molecule has 1 unspecified atom stereocenters. The molecule has 0 saturated carbocycles. The van der Waals surface area contributed by atoms with Crippen LogP contribution in [0.4, 0.5) is 0 Å². The van der Waals surface area contributed by atoms with Gasteiger partial charge in [0.15, 0.2) is 0 Å². The Labute approximate surface area is 89.7 Å². The predicted molar refractivity (Wildman–Crippen MR) is 58.1 cm³/mol. The summed E-state index contributed by atoms with van der Waals surface area (Å²) >= 11 is 0. The summed E-state index contributed by atoms with van der Waals surface area (Å²) in [6.07, 6.45) is 0.585. The first-order chi connectivity index (χ1) is 7.13. The van der Waals surface area contributed by atoms with Crippen molar-refractivity contribution in [1.82, 2.24) is 0 Å². The molecule has 1 rings (SSSR count). The molecule has 0 radical (unpaired) electrons. The summed E-state index contributed by atoms with van der Waals surface area (Å²) in [5, 5.41) is 8.82. The van der Waals surface area contributed by atoms with Crippen molar-refractivity contribution in [2.45, 2.75) is 20.3 Å². The summed E-state index contributed by atoms with van der Waals surface area (Å²) in [6.45, 7) is 4.07. The lowest BCUT2D eigenvalue weighted by molar-refractivity contribution is -0.142. The van der Waals surface area contributed by atoms with E-state index in [0.29, 0.717) is 6.42 Å². The molecule has 0 saturated heterocycles. The number of carbonyl (C=O) groups is 1. The number of ether oxygens (including phenoxy) is 1. The molecule has 15 heavy (non-hydrogen) atoms. The molecule has 1 aromatic carbocycles. The van der Waals surface area contributed by atoms with E-state index in [0.717, 1.165) is 11.3 Å². The van der Waals surface area contributed by atoms with Gasteiger partial charge in [0.2, 0.25) is 0 Å². The molecule has 0 aliphatic carbocycles. The minimum atomic E-state index is -0.801. The van der Waals surface area contributed by atoms with Gasteiger partial charge in [-0.15, -0.1) is 0 Å². The average Bonchev–Trinajstić information content (AvgIpc) is 2.21. The van der Waals surface area contributed by atoms with Crippen molar-refractivity contribution in [3.63, 3.8) is 0 Å². The van der Waals surface area contributed by atoms with E-state index in [4.69, 9.17) is 9.84 Å². The SMILES string of the molecule is CCC(COc1ccc(C)cc1)C(=O)O. The number of carboxylic acid groups (broad SMARTS) is 1. The number of benzene rings is 1. The van der Waals surface area contributed by atoms with Gasteiger partial charge in [-0.3, -0.25) is 4.79 Å². The fourth-order valence-electron chi connectivity index (χ4n) is 1.20. The van der Waals surface area contributed by atoms with Crippen LogP contribution in [0.3, 0.4) is 0 Å². The van der Waals surface area contributed by atoms with Gasteiger partial charge in [0.25, 0.3) is 0 Å². The van der Waals surface area contributed by atoms with Crippen molar-refractivity contribution in [3.8, 4) is 5.75 Å². The molecule has 0 bridgehead atoms. The number of aryl methyl sites for hydroxylation is 1. The molecule has 1 atom stereocenters. The van der Waals surface area contributed by atoms with Crippen LogP contribution in [0.25, 0.3) is 0 Å². The Balaban J connectivity index is 2.49. The molecule has 3 heteroatoms. The topological polar surface area (TPSA) is 46.5 Å². The monoisotopic (exact) mass is 208 g/mol. The molecule has 1 aromatic rings. The second-order valence-electron chi connectivity index (χ2n) is 3.57. The molecule has 0 fully saturated rings. The molecular formula is C12H16O3. The van der Waals surface area contributed by atoms with Crippen molar-refractivity contribution in [2.24, 2.45) is 5.92 Å². The minimum Gasteiger partial charge on any atom is -0.493 e. The van der Waals surface area contributed by atoms with Gasteiger partial charge in [0, 0.05) is 0 Å². The molecule has 0 amide bonds. The zero-order chi connectivity index (χ0) is 11.3. The van der Waals surface area contributed by atoms with E-state index in [1.165, 1.54) is 0 Å². The number of aliphatic carboxylic acids is 1. The third-order valence-corrected chi connectivity index (χ3v) is 2.31. The summed E-state index contributed by atoms with van der Waals surface area (Å²) in [5.74, 6) is -0.504. The summed E-state index contributed by atoms with van der Waals surface area (Å²) in [6, 6.07) is 7.59. The highest BCUT2D eigenvalue weighted by molar-refractivity contribution is 5.70. The summed E-state index contributed by atoms with van der Waals surface area (Å²) < 4.78 is 5.39. The normalized spacial score (nSPS) is 12.1. The Kier molecular flexibility index (Phi) is 4.16. The van der Waals surface area contributed by atoms with Crippen LogP contribution in [0.15, 0.2) is 24.3 Å². The fraction of sp³-hybridized carbons (Fsp3) is 0.417. The Morgan fingerprint density at radius 2 is 2.00 bits per heavy atom. The van der Waals surface area contributed by atoms with Gasteiger partial charge in [0.1, 0.15) is 12.4 Å². The Bertz CT molecular complexity index is 316. The first kappa shape index (κ1) is 11.6. The first-order valence-corrected chi connectivity index (χ1v) is 5.05. The second kappa shape index (κ2) is 5.39. The molecule has 0 aliphatic heterocycles. The van der Waals surface area contributed by atoms with Crippen molar-refractivity contribution >= 4 is 5.97 Å². The van der Waals surface area contributed by atoms with Crippen molar-refractivity contribution in [3.05, 3.63) is 29.8 Å². The predicted octanol–water partition coefficient (Wildman–Crippen LogP) is 2.48. The Hall–Kier alpha value is -1.51. The highest BCUT2D eigenvalue weighted by Gasteiger charge is 2.15. The Morgan fingerprint density at radius 3 is 2.47 bits per heavy atom. The van der Waals surface area contributed by atoms with Gasteiger partial charge in [-0.1, -0.05) is 24.6 Å². The molecule has 0 spiro atoms. The highest BCUT2D eigenvalue weighted by Crippen LogP contribution is 2.13.